The summed E-state index contributed by atoms with van der Waals surface area (Å²) in [5.41, 5.74) is 1.69. The van der Waals surface area contributed by atoms with Crippen LogP contribution in [0.25, 0.3) is 0 Å². The molecule has 1 fully saturated rings. The van der Waals surface area contributed by atoms with Gasteiger partial charge in [0, 0.05) is 31.2 Å². The number of rotatable bonds is 6. The molecule has 0 aliphatic carbocycles. The summed E-state index contributed by atoms with van der Waals surface area (Å²) in [6.45, 7) is 12.8. The second kappa shape index (κ2) is 7.42. The SMILES string of the molecule is CCCC(C)CN1CC(C)(C)NCC1Cc1ccccc1. The minimum Gasteiger partial charge on any atom is -0.309 e. The third-order valence-corrected chi connectivity index (χ3v) is 4.57. The fourth-order valence-corrected chi connectivity index (χ4v) is 3.50. The van der Waals surface area contributed by atoms with Crippen molar-refractivity contribution in [3.63, 3.8) is 0 Å². The van der Waals surface area contributed by atoms with Crippen LogP contribution in [-0.2, 0) is 6.42 Å². The molecule has 0 amide bonds. The summed E-state index contributed by atoms with van der Waals surface area (Å²) in [6, 6.07) is 11.5. The van der Waals surface area contributed by atoms with Gasteiger partial charge in [0.2, 0.25) is 0 Å². The summed E-state index contributed by atoms with van der Waals surface area (Å²) >= 11 is 0. The van der Waals surface area contributed by atoms with Crippen LogP contribution in [0.2, 0.25) is 0 Å². The van der Waals surface area contributed by atoms with Gasteiger partial charge in [-0.2, -0.15) is 0 Å². The van der Waals surface area contributed by atoms with Gasteiger partial charge in [0.1, 0.15) is 0 Å². The lowest BCUT2D eigenvalue weighted by molar-refractivity contribution is 0.0799. The molecule has 1 aliphatic heterocycles. The van der Waals surface area contributed by atoms with Crippen LogP contribution in [0.1, 0.15) is 46.1 Å². The predicted octanol–water partition coefficient (Wildman–Crippen LogP) is 3.72. The Bertz CT molecular complexity index is 413. The maximum Gasteiger partial charge on any atom is 0.0262 e. The molecule has 1 aliphatic rings. The largest absolute Gasteiger partial charge is 0.309 e. The normalized spacial score (nSPS) is 23.9. The molecule has 2 unspecified atom stereocenters. The lowest BCUT2D eigenvalue weighted by Crippen LogP contribution is -2.62. The Balaban J connectivity index is 2.02. The Morgan fingerprint density at radius 1 is 1.29 bits per heavy atom. The van der Waals surface area contributed by atoms with Gasteiger partial charge >= 0.3 is 0 Å². The molecule has 2 atom stereocenters. The summed E-state index contributed by atoms with van der Waals surface area (Å²) in [7, 11) is 0. The summed E-state index contributed by atoms with van der Waals surface area (Å²) in [5.74, 6) is 0.794. The maximum atomic E-state index is 3.72. The molecule has 0 saturated carbocycles. The highest BCUT2D eigenvalue weighted by atomic mass is 15.2. The van der Waals surface area contributed by atoms with Crippen LogP contribution < -0.4 is 5.32 Å². The molecule has 1 aromatic carbocycles. The van der Waals surface area contributed by atoms with Gasteiger partial charge in [0.25, 0.3) is 0 Å². The molecular weight excluding hydrogens is 256 g/mol. The number of hydrogen-bond acceptors (Lipinski definition) is 2. The fourth-order valence-electron chi connectivity index (χ4n) is 3.50. The van der Waals surface area contributed by atoms with E-state index in [1.165, 1.54) is 24.9 Å². The van der Waals surface area contributed by atoms with Crippen molar-refractivity contribution in [1.29, 1.82) is 0 Å². The van der Waals surface area contributed by atoms with Gasteiger partial charge in [-0.05, 0) is 38.2 Å². The monoisotopic (exact) mass is 288 g/mol. The maximum absolute atomic E-state index is 3.72. The Hall–Kier alpha value is -0.860. The van der Waals surface area contributed by atoms with E-state index in [9.17, 15) is 0 Å². The number of nitrogens with one attached hydrogen (secondary N) is 1. The van der Waals surface area contributed by atoms with Gasteiger partial charge in [-0.25, -0.2) is 0 Å². The quantitative estimate of drug-likeness (QED) is 0.858. The summed E-state index contributed by atoms with van der Waals surface area (Å²) in [6.07, 6.45) is 3.78. The lowest BCUT2D eigenvalue weighted by Gasteiger charge is -2.45. The van der Waals surface area contributed by atoms with Crippen molar-refractivity contribution in [3.8, 4) is 0 Å². The van der Waals surface area contributed by atoms with Gasteiger partial charge in [-0.3, -0.25) is 4.90 Å². The van der Waals surface area contributed by atoms with Crippen molar-refractivity contribution in [3.05, 3.63) is 35.9 Å². The molecule has 1 saturated heterocycles. The number of hydrogen-bond donors (Lipinski definition) is 1. The van der Waals surface area contributed by atoms with Crippen molar-refractivity contribution in [2.45, 2.75) is 58.5 Å². The van der Waals surface area contributed by atoms with Gasteiger partial charge in [0.15, 0.2) is 0 Å². The first-order valence-electron chi connectivity index (χ1n) is 8.53. The zero-order valence-electron chi connectivity index (χ0n) is 14.2. The first kappa shape index (κ1) is 16.5. The van der Waals surface area contributed by atoms with Crippen molar-refractivity contribution in [1.82, 2.24) is 10.2 Å². The highest BCUT2D eigenvalue weighted by Crippen LogP contribution is 2.21. The van der Waals surface area contributed by atoms with Crippen LogP contribution in [-0.4, -0.2) is 36.1 Å². The fraction of sp³-hybridized carbons (Fsp3) is 0.684. The van der Waals surface area contributed by atoms with Crippen molar-refractivity contribution < 1.29 is 0 Å². The second-order valence-electron chi connectivity index (χ2n) is 7.43. The molecule has 2 nitrogen and oxygen atoms in total. The van der Waals surface area contributed by atoms with E-state index in [2.05, 4.69) is 68.2 Å². The van der Waals surface area contributed by atoms with Crippen LogP contribution in [0, 0.1) is 5.92 Å². The molecule has 0 radical (unpaired) electrons. The van der Waals surface area contributed by atoms with E-state index < -0.39 is 0 Å². The predicted molar refractivity (Wildman–Crippen MR) is 91.7 cm³/mol. The molecule has 0 bridgehead atoms. The van der Waals surface area contributed by atoms with Gasteiger partial charge in [-0.1, -0.05) is 50.6 Å². The molecule has 21 heavy (non-hydrogen) atoms. The highest BCUT2D eigenvalue weighted by molar-refractivity contribution is 5.16. The average Bonchev–Trinajstić information content (AvgIpc) is 2.43. The Morgan fingerprint density at radius 2 is 2.00 bits per heavy atom. The van der Waals surface area contributed by atoms with Crippen LogP contribution in [0.3, 0.4) is 0 Å². The average molecular weight is 288 g/mol. The summed E-state index contributed by atoms with van der Waals surface area (Å²) in [4.78, 5) is 2.73. The molecule has 1 heterocycles. The third kappa shape index (κ3) is 5.12. The summed E-state index contributed by atoms with van der Waals surface area (Å²) < 4.78 is 0. The minimum absolute atomic E-state index is 0.235. The van der Waals surface area contributed by atoms with E-state index in [1.807, 2.05) is 0 Å². The number of piperazine rings is 1. The molecule has 118 valence electrons. The van der Waals surface area contributed by atoms with E-state index in [4.69, 9.17) is 0 Å². The van der Waals surface area contributed by atoms with Crippen molar-refractivity contribution >= 4 is 0 Å². The Morgan fingerprint density at radius 3 is 2.67 bits per heavy atom. The van der Waals surface area contributed by atoms with E-state index in [0.717, 1.165) is 25.4 Å². The number of benzene rings is 1. The van der Waals surface area contributed by atoms with Crippen LogP contribution in [0.5, 0.6) is 0 Å². The van der Waals surface area contributed by atoms with Crippen molar-refractivity contribution in [2.75, 3.05) is 19.6 Å². The highest BCUT2D eigenvalue weighted by Gasteiger charge is 2.32. The molecule has 1 N–H and O–H groups in total. The zero-order valence-corrected chi connectivity index (χ0v) is 14.2. The zero-order chi connectivity index (χ0) is 15.3. The third-order valence-electron chi connectivity index (χ3n) is 4.57. The van der Waals surface area contributed by atoms with Gasteiger partial charge in [-0.15, -0.1) is 0 Å². The van der Waals surface area contributed by atoms with Crippen LogP contribution in [0.15, 0.2) is 30.3 Å². The van der Waals surface area contributed by atoms with Crippen molar-refractivity contribution in [2.24, 2.45) is 5.92 Å². The smallest absolute Gasteiger partial charge is 0.0262 e. The van der Waals surface area contributed by atoms with E-state index in [-0.39, 0.29) is 5.54 Å². The van der Waals surface area contributed by atoms with Crippen LogP contribution in [0.4, 0.5) is 0 Å². The Kier molecular flexibility index (Phi) is 5.83. The van der Waals surface area contributed by atoms with E-state index >= 15 is 0 Å². The summed E-state index contributed by atoms with van der Waals surface area (Å²) in [5, 5.41) is 3.72. The van der Waals surface area contributed by atoms with E-state index in [0.29, 0.717) is 6.04 Å². The van der Waals surface area contributed by atoms with Gasteiger partial charge in [0.05, 0.1) is 0 Å². The molecule has 1 aromatic rings. The topological polar surface area (TPSA) is 15.3 Å². The first-order valence-corrected chi connectivity index (χ1v) is 8.53. The van der Waals surface area contributed by atoms with Gasteiger partial charge < -0.3 is 5.32 Å². The second-order valence-corrected chi connectivity index (χ2v) is 7.43. The molecular formula is C19H32N2. The molecule has 0 spiro atoms. The molecule has 2 rings (SSSR count). The van der Waals surface area contributed by atoms with E-state index in [1.54, 1.807) is 0 Å². The minimum atomic E-state index is 0.235. The standard InChI is InChI=1S/C19H32N2/c1-5-9-16(2)14-21-15-19(3,4)20-13-18(21)12-17-10-7-6-8-11-17/h6-8,10-11,16,18,20H,5,9,12-15H2,1-4H3. The molecule has 2 heteroatoms. The Labute approximate surface area is 130 Å². The van der Waals surface area contributed by atoms with Crippen LogP contribution >= 0.6 is 0 Å². The molecule has 0 aromatic heterocycles. The first-order chi connectivity index (χ1) is 10.00. The number of nitrogens with zero attached hydrogens (tertiary/aromatic N) is 1. The lowest BCUT2D eigenvalue weighted by atomic mass is 9.93.